The lowest BCUT2D eigenvalue weighted by Gasteiger charge is -2.09. The Balaban J connectivity index is 2.61. The van der Waals surface area contributed by atoms with Crippen LogP contribution in [0.15, 0.2) is 47.4 Å². The van der Waals surface area contributed by atoms with Crippen molar-refractivity contribution in [3.8, 4) is 5.69 Å². The summed E-state index contributed by atoms with van der Waals surface area (Å²) in [6.45, 7) is 1.91. The summed E-state index contributed by atoms with van der Waals surface area (Å²) in [7, 11) is 1.31. The van der Waals surface area contributed by atoms with Gasteiger partial charge in [-0.05, 0) is 24.6 Å². The Hall–Kier alpha value is -2.36. The molecule has 18 heavy (non-hydrogen) atoms. The molecular weight excluding hydrogens is 230 g/mol. The third kappa shape index (κ3) is 2.18. The number of aromatic nitrogens is 1. The number of carbonyl (C=O) groups excluding carboxylic acids is 1. The molecule has 2 aromatic rings. The summed E-state index contributed by atoms with van der Waals surface area (Å²) in [5.41, 5.74) is 1.88. The lowest BCUT2D eigenvalue weighted by Crippen LogP contribution is -2.19. The summed E-state index contributed by atoms with van der Waals surface area (Å²) >= 11 is 0. The first kappa shape index (κ1) is 12.1. The molecule has 4 nitrogen and oxygen atoms in total. The molecule has 0 atom stereocenters. The number of carbonyl (C=O) groups is 1. The highest BCUT2D eigenvalue weighted by Gasteiger charge is 2.09. The van der Waals surface area contributed by atoms with E-state index in [0.29, 0.717) is 5.56 Å². The first-order chi connectivity index (χ1) is 8.63. The van der Waals surface area contributed by atoms with Gasteiger partial charge in [0, 0.05) is 12.3 Å². The largest absolute Gasteiger partial charge is 0.465 e. The standard InChI is InChI=1S/C14H13NO3/c1-10-5-3-4-6-12(10)15-9-11(14(17)18-2)7-8-13(15)16/h3-9H,1-2H3. The lowest BCUT2D eigenvalue weighted by atomic mass is 10.2. The van der Waals surface area contributed by atoms with Crippen molar-refractivity contribution in [3.63, 3.8) is 0 Å². The zero-order valence-electron chi connectivity index (χ0n) is 10.2. The average molecular weight is 243 g/mol. The van der Waals surface area contributed by atoms with Crippen molar-refractivity contribution in [3.05, 3.63) is 64.1 Å². The molecular formula is C14H13NO3. The zero-order valence-corrected chi connectivity index (χ0v) is 10.2. The van der Waals surface area contributed by atoms with Gasteiger partial charge in [-0.2, -0.15) is 0 Å². The van der Waals surface area contributed by atoms with Crippen molar-refractivity contribution in [1.29, 1.82) is 0 Å². The molecule has 0 radical (unpaired) electrons. The zero-order chi connectivity index (χ0) is 13.1. The minimum Gasteiger partial charge on any atom is -0.465 e. The number of benzene rings is 1. The van der Waals surface area contributed by atoms with Gasteiger partial charge in [0.2, 0.25) is 0 Å². The van der Waals surface area contributed by atoms with Crippen molar-refractivity contribution in [2.24, 2.45) is 0 Å². The van der Waals surface area contributed by atoms with Crippen LogP contribution in [0.1, 0.15) is 15.9 Å². The second-order valence-electron chi connectivity index (χ2n) is 3.90. The van der Waals surface area contributed by atoms with E-state index in [2.05, 4.69) is 4.74 Å². The summed E-state index contributed by atoms with van der Waals surface area (Å²) in [6, 6.07) is 10.3. The van der Waals surface area contributed by atoms with Crippen molar-refractivity contribution in [2.45, 2.75) is 6.92 Å². The Bertz CT molecular complexity index is 643. The number of esters is 1. The monoisotopic (exact) mass is 243 g/mol. The molecule has 0 aliphatic carbocycles. The van der Waals surface area contributed by atoms with E-state index < -0.39 is 5.97 Å². The molecule has 0 spiro atoms. The molecule has 1 heterocycles. The van der Waals surface area contributed by atoms with Gasteiger partial charge in [-0.3, -0.25) is 9.36 Å². The van der Waals surface area contributed by atoms with Gasteiger partial charge in [0.15, 0.2) is 0 Å². The van der Waals surface area contributed by atoms with Crippen LogP contribution < -0.4 is 5.56 Å². The number of ether oxygens (including phenoxy) is 1. The number of rotatable bonds is 2. The Morgan fingerprint density at radius 2 is 1.89 bits per heavy atom. The van der Waals surface area contributed by atoms with E-state index in [1.54, 1.807) is 0 Å². The highest BCUT2D eigenvalue weighted by molar-refractivity contribution is 5.88. The fourth-order valence-electron chi connectivity index (χ4n) is 1.75. The van der Waals surface area contributed by atoms with Crippen LogP contribution >= 0.6 is 0 Å². The average Bonchev–Trinajstić information content (AvgIpc) is 2.39. The summed E-state index contributed by atoms with van der Waals surface area (Å²) in [6.07, 6.45) is 1.50. The Morgan fingerprint density at radius 3 is 2.56 bits per heavy atom. The van der Waals surface area contributed by atoms with Crippen LogP contribution in [0, 0.1) is 6.92 Å². The van der Waals surface area contributed by atoms with E-state index in [4.69, 9.17) is 0 Å². The SMILES string of the molecule is COC(=O)c1ccc(=O)n(-c2ccccc2C)c1. The number of para-hydroxylation sites is 1. The van der Waals surface area contributed by atoms with Crippen LogP contribution in [0.4, 0.5) is 0 Å². The fourth-order valence-corrected chi connectivity index (χ4v) is 1.75. The number of methoxy groups -OCH3 is 1. The van der Waals surface area contributed by atoms with Gasteiger partial charge >= 0.3 is 5.97 Å². The first-order valence-corrected chi connectivity index (χ1v) is 5.50. The van der Waals surface area contributed by atoms with Gasteiger partial charge < -0.3 is 4.74 Å². The maximum Gasteiger partial charge on any atom is 0.339 e. The van der Waals surface area contributed by atoms with Crippen LogP contribution in [0.5, 0.6) is 0 Å². The summed E-state index contributed by atoms with van der Waals surface area (Å²) in [4.78, 5) is 23.3. The van der Waals surface area contributed by atoms with E-state index >= 15 is 0 Å². The van der Waals surface area contributed by atoms with Crippen LogP contribution in [0.25, 0.3) is 5.69 Å². The molecule has 92 valence electrons. The van der Waals surface area contributed by atoms with Crippen LogP contribution in [0.2, 0.25) is 0 Å². The minimum atomic E-state index is -0.461. The molecule has 1 aromatic heterocycles. The number of nitrogens with zero attached hydrogens (tertiary/aromatic N) is 1. The normalized spacial score (nSPS) is 10.1. The van der Waals surface area contributed by atoms with E-state index in [9.17, 15) is 9.59 Å². The van der Waals surface area contributed by atoms with Gasteiger partial charge in [-0.25, -0.2) is 4.79 Å². The number of hydrogen-bond donors (Lipinski definition) is 0. The predicted molar refractivity (Wildman–Crippen MR) is 68.1 cm³/mol. The number of pyridine rings is 1. The van der Waals surface area contributed by atoms with Crippen molar-refractivity contribution in [2.75, 3.05) is 7.11 Å². The van der Waals surface area contributed by atoms with E-state index in [1.807, 2.05) is 31.2 Å². The molecule has 0 saturated carbocycles. The first-order valence-electron chi connectivity index (χ1n) is 5.50. The van der Waals surface area contributed by atoms with Gasteiger partial charge in [0.05, 0.1) is 18.4 Å². The molecule has 2 rings (SSSR count). The van der Waals surface area contributed by atoms with E-state index in [-0.39, 0.29) is 5.56 Å². The van der Waals surface area contributed by atoms with Crippen molar-refractivity contribution >= 4 is 5.97 Å². The Morgan fingerprint density at radius 1 is 1.17 bits per heavy atom. The van der Waals surface area contributed by atoms with E-state index in [0.717, 1.165) is 11.3 Å². The predicted octanol–water partition coefficient (Wildman–Crippen LogP) is 1.93. The summed E-state index contributed by atoms with van der Waals surface area (Å²) < 4.78 is 6.09. The van der Waals surface area contributed by atoms with Gasteiger partial charge in [-0.1, -0.05) is 18.2 Å². The van der Waals surface area contributed by atoms with Gasteiger partial charge in [0.1, 0.15) is 0 Å². The number of hydrogen-bond acceptors (Lipinski definition) is 3. The molecule has 1 aromatic carbocycles. The second-order valence-corrected chi connectivity index (χ2v) is 3.90. The summed E-state index contributed by atoms with van der Waals surface area (Å²) in [5, 5.41) is 0. The van der Waals surface area contributed by atoms with Crippen LogP contribution in [-0.2, 0) is 4.74 Å². The molecule has 4 heteroatoms. The Kier molecular flexibility index (Phi) is 3.28. The van der Waals surface area contributed by atoms with Crippen LogP contribution in [0.3, 0.4) is 0 Å². The highest BCUT2D eigenvalue weighted by Crippen LogP contribution is 2.12. The second kappa shape index (κ2) is 4.87. The molecule has 0 N–H and O–H groups in total. The molecule has 0 unspecified atom stereocenters. The molecule has 0 amide bonds. The lowest BCUT2D eigenvalue weighted by molar-refractivity contribution is 0.0600. The van der Waals surface area contributed by atoms with Crippen LogP contribution in [-0.4, -0.2) is 17.6 Å². The smallest absolute Gasteiger partial charge is 0.339 e. The van der Waals surface area contributed by atoms with Gasteiger partial charge in [-0.15, -0.1) is 0 Å². The molecule has 0 fully saturated rings. The maximum atomic E-state index is 11.8. The van der Waals surface area contributed by atoms with E-state index in [1.165, 1.54) is 30.0 Å². The highest BCUT2D eigenvalue weighted by atomic mass is 16.5. The minimum absolute atomic E-state index is 0.183. The summed E-state index contributed by atoms with van der Waals surface area (Å²) in [5.74, 6) is -0.461. The quantitative estimate of drug-likeness (QED) is 0.757. The molecule has 0 aliphatic heterocycles. The topological polar surface area (TPSA) is 48.3 Å². The fraction of sp³-hybridized carbons (Fsp3) is 0.143. The maximum absolute atomic E-state index is 11.8. The molecule has 0 bridgehead atoms. The molecule has 0 saturated heterocycles. The number of aryl methyl sites for hydroxylation is 1. The van der Waals surface area contributed by atoms with Crippen molar-refractivity contribution in [1.82, 2.24) is 4.57 Å². The molecule has 0 aliphatic rings. The van der Waals surface area contributed by atoms with Crippen molar-refractivity contribution < 1.29 is 9.53 Å². The third-order valence-electron chi connectivity index (χ3n) is 2.71. The Labute approximate surface area is 104 Å². The van der Waals surface area contributed by atoms with Gasteiger partial charge in [0.25, 0.3) is 5.56 Å². The third-order valence-corrected chi connectivity index (χ3v) is 2.71.